The van der Waals surface area contributed by atoms with Gasteiger partial charge in [-0.15, -0.1) is 0 Å². The summed E-state index contributed by atoms with van der Waals surface area (Å²) in [5.74, 6) is 0. The number of hydrogen-bond acceptors (Lipinski definition) is 4. The normalized spacial score (nSPS) is 11.3. The van der Waals surface area contributed by atoms with Crippen molar-refractivity contribution in [3.8, 4) is 12.1 Å². The molecule has 0 aliphatic rings. The van der Waals surface area contributed by atoms with Crippen LogP contribution in [0.5, 0.6) is 0 Å². The van der Waals surface area contributed by atoms with Gasteiger partial charge in [-0.2, -0.15) is 10.5 Å². The minimum Gasteiger partial charge on any atom is -0.310 e. The summed E-state index contributed by atoms with van der Waals surface area (Å²) in [7, 11) is 0. The van der Waals surface area contributed by atoms with Gasteiger partial charge in [0.25, 0.3) is 0 Å². The maximum atomic E-state index is 10.1. The van der Waals surface area contributed by atoms with Gasteiger partial charge in [-0.05, 0) is 174 Å². The van der Waals surface area contributed by atoms with Gasteiger partial charge in [0.05, 0.1) is 23.3 Å². The first-order valence-corrected chi connectivity index (χ1v) is 20.0. The average Bonchev–Trinajstić information content (AvgIpc) is 3.32. The first-order valence-electron chi connectivity index (χ1n) is 20.0. The van der Waals surface area contributed by atoms with Gasteiger partial charge in [0.15, 0.2) is 0 Å². The van der Waals surface area contributed by atoms with Crippen molar-refractivity contribution in [1.82, 2.24) is 0 Å². The zero-order valence-electron chi connectivity index (χ0n) is 32.4. The lowest BCUT2D eigenvalue weighted by atomic mass is 9.87. The van der Waals surface area contributed by atoms with Crippen LogP contribution in [-0.4, -0.2) is 0 Å². The Labute approximate surface area is 347 Å². The lowest BCUT2D eigenvalue weighted by Crippen LogP contribution is -2.09. The zero-order valence-corrected chi connectivity index (χ0v) is 32.4. The summed E-state index contributed by atoms with van der Waals surface area (Å²) >= 11 is 0. The van der Waals surface area contributed by atoms with Crippen molar-refractivity contribution < 1.29 is 0 Å². The third-order valence-corrected chi connectivity index (χ3v) is 11.8. The molecule has 0 amide bonds. The first kappa shape index (κ1) is 34.8. The molecule has 0 spiro atoms. The van der Waals surface area contributed by atoms with Crippen LogP contribution >= 0.6 is 0 Å². The van der Waals surface area contributed by atoms with E-state index in [-0.39, 0.29) is 0 Å². The number of hydrogen-bond donors (Lipinski definition) is 0. The summed E-state index contributed by atoms with van der Waals surface area (Å²) in [6.07, 6.45) is 0. The Kier molecular flexibility index (Phi) is 8.22. The van der Waals surface area contributed by atoms with E-state index in [9.17, 15) is 10.5 Å². The van der Waals surface area contributed by atoms with Crippen LogP contribution in [-0.2, 0) is 0 Å². The first-order chi connectivity index (χ1) is 29.7. The molecule has 0 saturated heterocycles. The predicted octanol–water partition coefficient (Wildman–Crippen LogP) is 15.3. The largest absolute Gasteiger partial charge is 0.310 e. The van der Waals surface area contributed by atoms with Gasteiger partial charge in [0.2, 0.25) is 0 Å². The highest BCUT2D eigenvalue weighted by atomic mass is 15.1. The van der Waals surface area contributed by atoms with E-state index < -0.39 is 0 Å². The quantitative estimate of drug-likeness (QED) is 0.125. The van der Waals surface area contributed by atoms with E-state index in [4.69, 9.17) is 0 Å². The molecule has 0 fully saturated rings. The fourth-order valence-corrected chi connectivity index (χ4v) is 9.09. The van der Waals surface area contributed by atoms with E-state index in [1.165, 1.54) is 0 Å². The van der Waals surface area contributed by atoms with Gasteiger partial charge in [-0.25, -0.2) is 0 Å². The highest BCUT2D eigenvalue weighted by molar-refractivity contribution is 6.33. The van der Waals surface area contributed by atoms with Crippen LogP contribution in [0.15, 0.2) is 206 Å². The molecule has 0 unspecified atom stereocenters. The van der Waals surface area contributed by atoms with Crippen molar-refractivity contribution in [3.63, 3.8) is 0 Å². The molecule has 0 atom stereocenters. The predicted molar refractivity (Wildman–Crippen MR) is 250 cm³/mol. The van der Waals surface area contributed by atoms with E-state index >= 15 is 0 Å². The van der Waals surface area contributed by atoms with Crippen molar-refractivity contribution in [2.45, 2.75) is 0 Å². The molecule has 0 bridgehead atoms. The minimum absolute atomic E-state index is 0.621. The van der Waals surface area contributed by atoms with Gasteiger partial charge in [0.1, 0.15) is 0 Å². The van der Waals surface area contributed by atoms with Crippen LogP contribution in [0, 0.1) is 22.7 Å². The van der Waals surface area contributed by atoms with Gasteiger partial charge < -0.3 is 9.80 Å². The number of rotatable bonds is 6. The summed E-state index contributed by atoms with van der Waals surface area (Å²) in [5.41, 5.74) is 7.54. The lowest BCUT2D eigenvalue weighted by molar-refractivity contribution is 1.29. The minimum atomic E-state index is 0.621. The number of benzene rings is 11. The molecule has 0 N–H and O–H groups in total. The Morgan fingerprint density at radius 3 is 0.800 bits per heavy atom. The number of para-hydroxylation sites is 4. The molecular formula is C56H34N4. The number of nitriles is 2. The summed E-state index contributed by atoms with van der Waals surface area (Å²) < 4.78 is 0. The molecule has 11 aromatic rings. The SMILES string of the molecule is N#Cc1ccc2c(c1)c1cc(N(c3ccccc3)c3ccccc3)ccc1c1cc3c4ccc(C#N)cc4c4cc(N(c5ccccc5)c5ccccc5)ccc4c3cc21. The van der Waals surface area contributed by atoms with E-state index in [1.807, 2.05) is 48.5 Å². The van der Waals surface area contributed by atoms with Crippen LogP contribution in [0.2, 0.25) is 0 Å². The Morgan fingerprint density at radius 2 is 0.500 bits per heavy atom. The van der Waals surface area contributed by atoms with Crippen molar-refractivity contribution in [1.29, 1.82) is 10.5 Å². The molecule has 0 heterocycles. The maximum Gasteiger partial charge on any atom is 0.0991 e. The van der Waals surface area contributed by atoms with Crippen LogP contribution in [0.4, 0.5) is 34.1 Å². The lowest BCUT2D eigenvalue weighted by Gasteiger charge is -2.26. The third-order valence-electron chi connectivity index (χ3n) is 11.8. The van der Waals surface area contributed by atoms with Crippen LogP contribution < -0.4 is 9.80 Å². The highest BCUT2D eigenvalue weighted by Crippen LogP contribution is 2.46. The Bertz CT molecular complexity index is 3230. The Balaban J connectivity index is 1.21. The molecule has 0 aliphatic heterocycles. The smallest absolute Gasteiger partial charge is 0.0991 e. The summed E-state index contributed by atoms with van der Waals surface area (Å²) in [4.78, 5) is 4.56. The Hall–Kier alpha value is -8.44. The fraction of sp³-hybridized carbons (Fsp3) is 0. The number of nitrogens with zero attached hydrogens (tertiary/aromatic N) is 4. The topological polar surface area (TPSA) is 54.1 Å². The molecule has 0 aromatic heterocycles. The van der Waals surface area contributed by atoms with Crippen LogP contribution in [0.25, 0.3) is 64.6 Å². The average molecular weight is 763 g/mol. The van der Waals surface area contributed by atoms with Crippen molar-refractivity contribution >= 4 is 98.8 Å². The third kappa shape index (κ3) is 5.67. The number of anilines is 6. The van der Waals surface area contributed by atoms with E-state index in [1.54, 1.807) is 0 Å². The maximum absolute atomic E-state index is 10.1. The number of fused-ring (bicyclic) bond motifs is 12. The molecule has 4 nitrogen and oxygen atoms in total. The van der Waals surface area contributed by atoms with E-state index in [0.717, 1.165) is 98.8 Å². The summed E-state index contributed by atoms with van der Waals surface area (Å²) in [5, 5.41) is 33.4. The van der Waals surface area contributed by atoms with E-state index in [2.05, 4.69) is 180 Å². The zero-order chi connectivity index (χ0) is 40.2. The van der Waals surface area contributed by atoms with Crippen molar-refractivity contribution in [3.05, 3.63) is 217 Å². The Morgan fingerprint density at radius 1 is 0.233 bits per heavy atom. The van der Waals surface area contributed by atoms with E-state index in [0.29, 0.717) is 11.1 Å². The monoisotopic (exact) mass is 762 g/mol. The molecule has 0 saturated carbocycles. The van der Waals surface area contributed by atoms with Gasteiger partial charge in [0, 0.05) is 34.1 Å². The molecule has 0 aliphatic carbocycles. The summed E-state index contributed by atoms with van der Waals surface area (Å²) in [6.45, 7) is 0. The van der Waals surface area contributed by atoms with Crippen molar-refractivity contribution in [2.75, 3.05) is 9.80 Å². The molecule has 4 heteroatoms. The molecule has 11 rings (SSSR count). The molecule has 0 radical (unpaired) electrons. The summed E-state index contributed by atoms with van der Waals surface area (Å²) in [6, 6.07) is 76.8. The second-order valence-electron chi connectivity index (χ2n) is 15.2. The van der Waals surface area contributed by atoms with Gasteiger partial charge >= 0.3 is 0 Å². The van der Waals surface area contributed by atoms with Crippen LogP contribution in [0.3, 0.4) is 0 Å². The molecule has 60 heavy (non-hydrogen) atoms. The molecule has 278 valence electrons. The second kappa shape index (κ2) is 14.2. The van der Waals surface area contributed by atoms with Crippen LogP contribution in [0.1, 0.15) is 11.1 Å². The standard InChI is InChI=1S/C56H34N4/c57-35-37-21-25-45-49(29-37)51-31-43(59(39-13-5-1-6-14-39)40-15-7-2-8-16-40)23-27-47(51)55-33-54-46-26-22-38(36-58)30-50(46)52-32-44(24-28-48(52)56(54)34-53(45)55)60(41-17-9-3-10-18-41)42-19-11-4-12-20-42/h1-34H. The van der Waals surface area contributed by atoms with Crippen molar-refractivity contribution in [2.24, 2.45) is 0 Å². The second-order valence-corrected chi connectivity index (χ2v) is 15.2. The molecule has 11 aromatic carbocycles. The van der Waals surface area contributed by atoms with Gasteiger partial charge in [-0.1, -0.05) is 97.1 Å². The molecular weight excluding hydrogens is 729 g/mol. The fourth-order valence-electron chi connectivity index (χ4n) is 9.09. The van der Waals surface area contributed by atoms with Gasteiger partial charge in [-0.3, -0.25) is 0 Å². The highest BCUT2D eigenvalue weighted by Gasteiger charge is 2.20.